The van der Waals surface area contributed by atoms with Crippen LogP contribution >= 0.6 is 0 Å². The maximum absolute atomic E-state index is 4.92. The first-order valence-electron chi connectivity index (χ1n) is 9.06. The zero-order chi connectivity index (χ0) is 17.8. The van der Waals surface area contributed by atoms with Crippen LogP contribution in [0.4, 0.5) is 0 Å². The molecule has 1 aromatic carbocycles. The standard InChI is InChI=1S/C23H16N4/c1-2-14-10-20-13-18-7-6-16(25-18)11-15-4-5-17(24-15)12-19-8-9-22(26-19)21(3-1)23(14)27-20/h1-9,11-13,24-25H,10H2. The summed E-state index contributed by atoms with van der Waals surface area (Å²) in [6.07, 6.45) is 4.98. The van der Waals surface area contributed by atoms with Gasteiger partial charge in [0.1, 0.15) is 0 Å². The van der Waals surface area contributed by atoms with Crippen molar-refractivity contribution in [3.8, 4) is 0 Å². The summed E-state index contributed by atoms with van der Waals surface area (Å²) in [5.74, 6) is 0. The molecule has 27 heavy (non-hydrogen) atoms. The fourth-order valence-electron chi connectivity index (χ4n) is 3.84. The van der Waals surface area contributed by atoms with Crippen LogP contribution in [0.1, 0.15) is 22.6 Å². The Balaban J connectivity index is 1.77. The number of hydrogen-bond donors (Lipinski definition) is 2. The normalized spacial score (nSPS) is 12.9. The van der Waals surface area contributed by atoms with Crippen LogP contribution in [-0.4, -0.2) is 19.9 Å². The lowest BCUT2D eigenvalue weighted by Gasteiger charge is -1.96. The summed E-state index contributed by atoms with van der Waals surface area (Å²) in [7, 11) is 0. The summed E-state index contributed by atoms with van der Waals surface area (Å²) in [5, 5.41) is 1.09. The van der Waals surface area contributed by atoms with Crippen molar-refractivity contribution in [2.45, 2.75) is 6.42 Å². The molecule has 0 amide bonds. The van der Waals surface area contributed by atoms with Crippen molar-refractivity contribution in [3.05, 3.63) is 83.3 Å². The number of nitrogens with one attached hydrogen (secondary N) is 2. The highest BCUT2D eigenvalue weighted by atomic mass is 14.8. The molecule has 0 atom stereocenters. The molecule has 5 heterocycles. The fraction of sp³-hybridized carbons (Fsp3) is 0.0435. The number of benzene rings is 1. The molecule has 0 spiro atoms. The summed E-state index contributed by atoms with van der Waals surface area (Å²) < 4.78 is 0. The van der Waals surface area contributed by atoms with Gasteiger partial charge < -0.3 is 9.97 Å². The summed E-state index contributed by atoms with van der Waals surface area (Å²) in [5.41, 5.74) is 9.49. The molecule has 0 saturated heterocycles. The van der Waals surface area contributed by atoms with Gasteiger partial charge in [0.15, 0.2) is 0 Å². The van der Waals surface area contributed by atoms with E-state index < -0.39 is 0 Å². The monoisotopic (exact) mass is 348 g/mol. The van der Waals surface area contributed by atoms with Crippen LogP contribution in [0.25, 0.3) is 45.1 Å². The second-order valence-corrected chi connectivity index (χ2v) is 7.02. The molecule has 128 valence electrons. The summed E-state index contributed by atoms with van der Waals surface area (Å²) in [6.45, 7) is 0. The lowest BCUT2D eigenvalue weighted by atomic mass is 10.1. The van der Waals surface area contributed by atoms with Gasteiger partial charge in [0.2, 0.25) is 0 Å². The van der Waals surface area contributed by atoms with E-state index >= 15 is 0 Å². The molecule has 2 aliphatic rings. The van der Waals surface area contributed by atoms with Crippen LogP contribution in [0.15, 0.2) is 60.7 Å². The molecule has 0 aliphatic carbocycles. The minimum absolute atomic E-state index is 0.848. The van der Waals surface area contributed by atoms with Crippen molar-refractivity contribution in [2.24, 2.45) is 0 Å². The first-order chi connectivity index (χ1) is 13.3. The van der Waals surface area contributed by atoms with Gasteiger partial charge in [-0.2, -0.15) is 0 Å². The van der Waals surface area contributed by atoms with Gasteiger partial charge in [-0.1, -0.05) is 18.2 Å². The Kier molecular flexibility index (Phi) is 2.91. The van der Waals surface area contributed by atoms with Crippen molar-refractivity contribution >= 4 is 45.1 Å². The van der Waals surface area contributed by atoms with Crippen LogP contribution in [0, 0.1) is 0 Å². The van der Waals surface area contributed by atoms with Crippen LogP contribution in [0.3, 0.4) is 0 Å². The molecule has 4 nitrogen and oxygen atoms in total. The first kappa shape index (κ1) is 14.5. The third-order valence-corrected chi connectivity index (χ3v) is 5.08. The maximum atomic E-state index is 4.92. The second-order valence-electron chi connectivity index (χ2n) is 7.02. The molecule has 0 unspecified atom stereocenters. The average molecular weight is 348 g/mol. The van der Waals surface area contributed by atoms with E-state index in [-0.39, 0.29) is 0 Å². The lowest BCUT2D eigenvalue weighted by Crippen LogP contribution is -1.82. The number of hydrogen-bond acceptors (Lipinski definition) is 2. The van der Waals surface area contributed by atoms with Gasteiger partial charge in [0, 0.05) is 39.6 Å². The molecule has 0 radical (unpaired) electrons. The van der Waals surface area contributed by atoms with E-state index in [9.17, 15) is 0 Å². The van der Waals surface area contributed by atoms with Crippen molar-refractivity contribution < 1.29 is 0 Å². The first-order valence-corrected chi connectivity index (χ1v) is 9.06. The topological polar surface area (TPSA) is 57.4 Å². The molecule has 2 aliphatic heterocycles. The van der Waals surface area contributed by atoms with Crippen molar-refractivity contribution in [3.63, 3.8) is 0 Å². The Labute approximate surface area is 155 Å². The van der Waals surface area contributed by atoms with E-state index in [1.54, 1.807) is 0 Å². The number of rotatable bonds is 0. The third kappa shape index (κ3) is 2.46. The smallest absolute Gasteiger partial charge is 0.0763 e. The van der Waals surface area contributed by atoms with E-state index in [1.807, 2.05) is 0 Å². The fourth-order valence-corrected chi connectivity index (χ4v) is 3.84. The number of fused-ring (bicyclic) bond motifs is 8. The summed E-state index contributed by atoms with van der Waals surface area (Å²) in [4.78, 5) is 16.6. The molecular formula is C23H16N4. The average Bonchev–Trinajstić information content (AvgIpc) is 3.43. The quantitative estimate of drug-likeness (QED) is 0.395. The van der Waals surface area contributed by atoms with Crippen LogP contribution in [-0.2, 0) is 6.42 Å². The Morgan fingerprint density at radius 3 is 2.26 bits per heavy atom. The molecule has 0 saturated carbocycles. The zero-order valence-corrected chi connectivity index (χ0v) is 14.5. The molecule has 4 heteroatoms. The lowest BCUT2D eigenvalue weighted by molar-refractivity contribution is 1.19. The Hall–Kier alpha value is -3.66. The predicted octanol–water partition coefficient (Wildman–Crippen LogP) is 5.23. The van der Waals surface area contributed by atoms with Crippen molar-refractivity contribution in [2.75, 3.05) is 0 Å². The summed E-state index contributed by atoms with van der Waals surface area (Å²) in [6, 6.07) is 21.0. The molecule has 4 aromatic rings. The number of nitrogens with zero attached hydrogens (tertiary/aromatic N) is 2. The number of aromatic amines is 2. The minimum atomic E-state index is 0.848. The van der Waals surface area contributed by atoms with Gasteiger partial charge in [0.25, 0.3) is 0 Å². The van der Waals surface area contributed by atoms with Crippen molar-refractivity contribution in [1.29, 1.82) is 0 Å². The van der Waals surface area contributed by atoms with E-state index in [0.29, 0.717) is 0 Å². The summed E-state index contributed by atoms with van der Waals surface area (Å²) >= 11 is 0. The third-order valence-electron chi connectivity index (χ3n) is 5.08. The molecular weight excluding hydrogens is 332 g/mol. The van der Waals surface area contributed by atoms with Crippen LogP contribution in [0.2, 0.25) is 0 Å². The Morgan fingerprint density at radius 1 is 0.704 bits per heavy atom. The van der Waals surface area contributed by atoms with Crippen molar-refractivity contribution in [1.82, 2.24) is 19.9 Å². The SMILES string of the molecule is C1=Cc2nc1cc1ccc(cc3ccc(cc4nc5c(cccc25)C4)[nH]3)[nH]1. The highest BCUT2D eigenvalue weighted by Crippen LogP contribution is 2.27. The Morgan fingerprint density at radius 2 is 1.44 bits per heavy atom. The highest BCUT2D eigenvalue weighted by Gasteiger charge is 2.12. The second kappa shape index (κ2) is 5.42. The van der Waals surface area contributed by atoms with E-state index in [4.69, 9.17) is 9.97 Å². The minimum Gasteiger partial charge on any atom is -0.355 e. The van der Waals surface area contributed by atoms with Gasteiger partial charge in [-0.25, -0.2) is 4.98 Å². The molecule has 2 N–H and O–H groups in total. The van der Waals surface area contributed by atoms with Gasteiger partial charge >= 0.3 is 0 Å². The maximum Gasteiger partial charge on any atom is 0.0763 e. The van der Waals surface area contributed by atoms with E-state index in [1.165, 1.54) is 5.56 Å². The van der Waals surface area contributed by atoms with Gasteiger partial charge in [0.05, 0.1) is 16.9 Å². The highest BCUT2D eigenvalue weighted by molar-refractivity contribution is 5.92. The van der Waals surface area contributed by atoms with Gasteiger partial charge in [-0.3, -0.25) is 4.98 Å². The van der Waals surface area contributed by atoms with Crippen LogP contribution in [0.5, 0.6) is 0 Å². The largest absolute Gasteiger partial charge is 0.355 e. The predicted molar refractivity (Wildman–Crippen MR) is 110 cm³/mol. The molecule has 3 aromatic heterocycles. The molecule has 6 rings (SSSR count). The molecule has 0 fully saturated rings. The zero-order valence-electron chi connectivity index (χ0n) is 14.5. The number of aromatic nitrogens is 4. The van der Waals surface area contributed by atoms with Gasteiger partial charge in [-0.05, 0) is 60.2 Å². The van der Waals surface area contributed by atoms with Gasteiger partial charge in [-0.15, -0.1) is 0 Å². The van der Waals surface area contributed by atoms with E-state index in [0.717, 1.165) is 56.5 Å². The number of para-hydroxylation sites is 1. The van der Waals surface area contributed by atoms with Crippen LogP contribution < -0.4 is 0 Å². The molecule has 8 bridgehead atoms. The Bertz CT molecular complexity index is 1400. The number of H-pyrrole nitrogens is 2. The van der Waals surface area contributed by atoms with E-state index in [2.05, 4.69) is 82.8 Å².